The first-order chi connectivity index (χ1) is 12.1. The number of urea groups is 1. The van der Waals surface area contributed by atoms with Gasteiger partial charge in [-0.05, 0) is 36.8 Å². The molecule has 0 aromatic heterocycles. The molecule has 1 aromatic rings. The maximum atomic E-state index is 12.3. The minimum absolute atomic E-state index is 0.0226. The summed E-state index contributed by atoms with van der Waals surface area (Å²) in [6.45, 7) is 1.36. The quantitative estimate of drug-likeness (QED) is 0.782. The second kappa shape index (κ2) is 7.55. The first kappa shape index (κ1) is 17.3. The summed E-state index contributed by atoms with van der Waals surface area (Å²) in [4.78, 5) is 36.8. The van der Waals surface area contributed by atoms with Gasteiger partial charge in [0.15, 0.2) is 0 Å². The molecule has 0 unspecified atom stereocenters. The fraction of sp³-hybridized carbons (Fsp3) is 0.500. The van der Waals surface area contributed by atoms with Gasteiger partial charge in [0.2, 0.25) is 5.91 Å². The summed E-state index contributed by atoms with van der Waals surface area (Å²) in [5, 5.41) is 4.62. The Labute approximate surface area is 146 Å². The van der Waals surface area contributed by atoms with Crippen molar-refractivity contribution < 1.29 is 19.1 Å². The number of ether oxygens (including phenoxy) is 1. The molecular weight excluding hydrogens is 322 g/mol. The van der Waals surface area contributed by atoms with E-state index in [9.17, 15) is 14.4 Å². The van der Waals surface area contributed by atoms with Crippen LogP contribution in [0.4, 0.5) is 4.79 Å². The van der Waals surface area contributed by atoms with Crippen molar-refractivity contribution in [3.8, 4) is 5.75 Å². The van der Waals surface area contributed by atoms with Crippen LogP contribution < -0.4 is 15.4 Å². The summed E-state index contributed by atoms with van der Waals surface area (Å²) < 4.78 is 5.40. The van der Waals surface area contributed by atoms with Gasteiger partial charge < -0.3 is 15.0 Å². The van der Waals surface area contributed by atoms with E-state index in [0.717, 1.165) is 25.0 Å². The Bertz CT molecular complexity index is 668. The molecule has 134 valence electrons. The van der Waals surface area contributed by atoms with Crippen molar-refractivity contribution >= 4 is 17.8 Å². The number of hydrogen-bond acceptors (Lipinski definition) is 4. The second-order valence-electron chi connectivity index (χ2n) is 6.56. The van der Waals surface area contributed by atoms with Crippen LogP contribution in [0.5, 0.6) is 5.75 Å². The number of amides is 4. The highest BCUT2D eigenvalue weighted by Gasteiger charge is 2.33. The average Bonchev–Trinajstić information content (AvgIpc) is 2.93. The van der Waals surface area contributed by atoms with Gasteiger partial charge in [-0.2, -0.15) is 0 Å². The Balaban J connectivity index is 1.49. The molecule has 2 N–H and O–H groups in total. The number of carbonyl (C=O) groups excluding carboxylic acids is 3. The van der Waals surface area contributed by atoms with Crippen molar-refractivity contribution in [3.05, 3.63) is 29.8 Å². The second-order valence-corrected chi connectivity index (χ2v) is 6.56. The number of hydrogen-bond donors (Lipinski definition) is 2. The maximum absolute atomic E-state index is 12.3. The molecule has 0 bridgehead atoms. The zero-order chi connectivity index (χ0) is 17.8. The van der Waals surface area contributed by atoms with E-state index in [1.807, 2.05) is 18.2 Å². The van der Waals surface area contributed by atoms with Gasteiger partial charge in [0.1, 0.15) is 11.8 Å². The van der Waals surface area contributed by atoms with Gasteiger partial charge in [0, 0.05) is 13.1 Å². The van der Waals surface area contributed by atoms with Gasteiger partial charge in [0.05, 0.1) is 13.5 Å². The number of benzene rings is 1. The number of imide groups is 1. The molecule has 0 radical (unpaired) electrons. The molecule has 1 atom stereocenters. The van der Waals surface area contributed by atoms with E-state index in [1.54, 1.807) is 12.0 Å². The first-order valence-electron chi connectivity index (χ1n) is 8.58. The van der Waals surface area contributed by atoms with Gasteiger partial charge in [-0.25, -0.2) is 4.79 Å². The smallest absolute Gasteiger partial charge is 0.322 e. The van der Waals surface area contributed by atoms with Crippen LogP contribution in [0, 0.1) is 5.92 Å². The lowest BCUT2D eigenvalue weighted by Crippen LogP contribution is -2.42. The predicted octanol–water partition coefficient (Wildman–Crippen LogP) is 1.07. The minimum atomic E-state index is -0.744. The summed E-state index contributed by atoms with van der Waals surface area (Å²) in [5.74, 6) is 0.904. The molecule has 7 heteroatoms. The van der Waals surface area contributed by atoms with Crippen molar-refractivity contribution in [1.29, 1.82) is 0 Å². The van der Waals surface area contributed by atoms with Crippen molar-refractivity contribution in [1.82, 2.24) is 15.5 Å². The predicted molar refractivity (Wildman–Crippen MR) is 91.1 cm³/mol. The van der Waals surface area contributed by atoms with Crippen LogP contribution >= 0.6 is 0 Å². The molecule has 2 fully saturated rings. The molecule has 0 saturated carbocycles. The van der Waals surface area contributed by atoms with Crippen LogP contribution in [-0.2, 0) is 16.0 Å². The third-order valence-corrected chi connectivity index (χ3v) is 4.91. The molecule has 25 heavy (non-hydrogen) atoms. The molecule has 2 saturated heterocycles. The van der Waals surface area contributed by atoms with Gasteiger partial charge in [-0.3, -0.25) is 14.9 Å². The van der Waals surface area contributed by atoms with Crippen molar-refractivity contribution in [2.45, 2.75) is 31.7 Å². The molecule has 3 rings (SSSR count). The number of nitrogens with one attached hydrogen (secondary N) is 2. The summed E-state index contributed by atoms with van der Waals surface area (Å²) in [6.07, 6.45) is 2.81. The highest BCUT2D eigenvalue weighted by molar-refractivity contribution is 6.05. The molecule has 2 aliphatic heterocycles. The molecule has 0 aliphatic carbocycles. The Morgan fingerprint density at radius 1 is 1.24 bits per heavy atom. The van der Waals surface area contributed by atoms with E-state index in [1.165, 1.54) is 5.56 Å². The van der Waals surface area contributed by atoms with Crippen molar-refractivity contribution in [3.63, 3.8) is 0 Å². The van der Waals surface area contributed by atoms with Crippen LogP contribution in [-0.4, -0.2) is 49.0 Å². The average molecular weight is 345 g/mol. The Morgan fingerprint density at radius 2 is 1.96 bits per heavy atom. The van der Waals surface area contributed by atoms with Gasteiger partial charge in [-0.1, -0.05) is 18.2 Å². The standard InChI is InChI=1S/C18H23N3O4/c1-25-15-5-3-2-4-13(15)10-12-6-8-21(9-7-12)16(22)11-14-17(23)20-18(24)19-14/h2-5,12,14H,6-11H2,1H3,(H2,19,20,23,24)/t14-/m1/s1. The van der Waals surface area contributed by atoms with Gasteiger partial charge in [0.25, 0.3) is 5.91 Å². The lowest BCUT2D eigenvalue weighted by atomic mass is 9.89. The molecular formula is C18H23N3O4. The lowest BCUT2D eigenvalue weighted by molar-refractivity contribution is -0.135. The van der Waals surface area contributed by atoms with Crippen LogP contribution in [0.2, 0.25) is 0 Å². The van der Waals surface area contributed by atoms with Crippen LogP contribution in [0.25, 0.3) is 0 Å². The van der Waals surface area contributed by atoms with E-state index in [2.05, 4.69) is 16.7 Å². The van der Waals surface area contributed by atoms with Gasteiger partial charge in [-0.15, -0.1) is 0 Å². The number of carbonyl (C=O) groups is 3. The van der Waals surface area contributed by atoms with E-state index in [4.69, 9.17) is 4.74 Å². The summed E-state index contributed by atoms with van der Waals surface area (Å²) in [5.41, 5.74) is 1.19. The number of likely N-dealkylation sites (tertiary alicyclic amines) is 1. The minimum Gasteiger partial charge on any atom is -0.496 e. The maximum Gasteiger partial charge on any atom is 0.322 e. The summed E-state index contributed by atoms with van der Waals surface area (Å²) in [6, 6.07) is 6.75. The molecule has 0 spiro atoms. The summed E-state index contributed by atoms with van der Waals surface area (Å²) in [7, 11) is 1.68. The first-order valence-corrected chi connectivity index (χ1v) is 8.58. The SMILES string of the molecule is COc1ccccc1CC1CCN(C(=O)C[C@H]2NC(=O)NC2=O)CC1. The molecule has 7 nitrogen and oxygen atoms in total. The van der Waals surface area contributed by atoms with Crippen LogP contribution in [0.1, 0.15) is 24.8 Å². The van der Waals surface area contributed by atoms with Crippen molar-refractivity contribution in [2.75, 3.05) is 20.2 Å². The van der Waals surface area contributed by atoms with E-state index in [-0.39, 0.29) is 12.3 Å². The highest BCUT2D eigenvalue weighted by Crippen LogP contribution is 2.27. The third kappa shape index (κ3) is 4.10. The number of piperidine rings is 1. The number of rotatable bonds is 5. The van der Waals surface area contributed by atoms with Gasteiger partial charge >= 0.3 is 6.03 Å². The monoisotopic (exact) mass is 345 g/mol. The van der Waals surface area contributed by atoms with E-state index in [0.29, 0.717) is 19.0 Å². The highest BCUT2D eigenvalue weighted by atomic mass is 16.5. The number of methoxy groups -OCH3 is 1. The van der Waals surface area contributed by atoms with Crippen LogP contribution in [0.3, 0.4) is 0 Å². The third-order valence-electron chi connectivity index (χ3n) is 4.91. The summed E-state index contributed by atoms with van der Waals surface area (Å²) >= 11 is 0. The molecule has 4 amide bonds. The zero-order valence-corrected chi connectivity index (χ0v) is 14.3. The zero-order valence-electron chi connectivity index (χ0n) is 14.3. The van der Waals surface area contributed by atoms with Crippen molar-refractivity contribution in [2.24, 2.45) is 5.92 Å². The molecule has 1 aromatic carbocycles. The molecule has 2 heterocycles. The Morgan fingerprint density at radius 3 is 2.60 bits per heavy atom. The lowest BCUT2D eigenvalue weighted by Gasteiger charge is -2.32. The normalized spacial score (nSPS) is 21.0. The topological polar surface area (TPSA) is 87.7 Å². The fourth-order valence-corrected chi connectivity index (χ4v) is 3.48. The van der Waals surface area contributed by atoms with E-state index >= 15 is 0 Å². The Hall–Kier alpha value is -2.57. The molecule has 2 aliphatic rings. The fourth-order valence-electron chi connectivity index (χ4n) is 3.48. The number of nitrogens with zero attached hydrogens (tertiary/aromatic N) is 1. The van der Waals surface area contributed by atoms with Crippen LogP contribution in [0.15, 0.2) is 24.3 Å². The Kier molecular flexibility index (Phi) is 5.21. The largest absolute Gasteiger partial charge is 0.496 e. The number of para-hydroxylation sites is 1. The van der Waals surface area contributed by atoms with E-state index < -0.39 is 18.0 Å².